The normalized spacial score (nSPS) is 7.78. The number of carbonyl (C=O) groups is 2. The molecule has 0 atom stereocenters. The maximum absolute atomic E-state index is 9.54. The summed E-state index contributed by atoms with van der Waals surface area (Å²) in [7, 11) is 0. The molecule has 0 bridgehead atoms. The van der Waals surface area contributed by atoms with E-state index in [1.165, 1.54) is 5.56 Å². The molecule has 1 rings (SSSR count). The Morgan fingerprint density at radius 3 is 2.11 bits per heavy atom. The minimum atomic E-state index is -1.04. The van der Waals surface area contributed by atoms with Crippen LogP contribution in [0.1, 0.15) is 19.4 Å². The van der Waals surface area contributed by atoms with E-state index in [4.69, 9.17) is 10.9 Å². The summed E-state index contributed by atoms with van der Waals surface area (Å²) < 4.78 is 0. The number of hydrogen-bond acceptors (Lipinski definition) is 4. The zero-order chi connectivity index (χ0) is 14.4. The third-order valence-electron chi connectivity index (χ3n) is 1.55. The van der Waals surface area contributed by atoms with E-state index in [9.17, 15) is 9.59 Å². The van der Waals surface area contributed by atoms with Crippen LogP contribution in [0.4, 0.5) is 5.69 Å². The van der Waals surface area contributed by atoms with Crippen molar-refractivity contribution in [2.24, 2.45) is 5.84 Å². The smallest absolute Gasteiger partial charge is 0.322 e. The average Bonchev–Trinajstić information content (AvgIpc) is 2.40. The predicted molar refractivity (Wildman–Crippen MR) is 72.0 cm³/mol. The number of aryl methyl sites for hydroxylation is 1. The van der Waals surface area contributed by atoms with Crippen LogP contribution in [0.2, 0.25) is 0 Å². The van der Waals surface area contributed by atoms with E-state index in [2.05, 4.69) is 5.43 Å². The number of benzene rings is 1. The monoisotopic (exact) mass is 255 g/mol. The molecule has 6 nitrogen and oxygen atoms in total. The highest BCUT2D eigenvalue weighted by molar-refractivity contribution is 5.71. The largest absolute Gasteiger partial charge is 0.480 e. The Bertz CT molecular complexity index is 326. The molecule has 0 heterocycles. The fraction of sp³-hybridized carbons (Fsp3) is 0.333. The number of nitrogens with two attached hydrogens (primary N) is 1. The molecule has 0 fully saturated rings. The summed E-state index contributed by atoms with van der Waals surface area (Å²) in [6.45, 7) is 5.74. The first-order valence-corrected chi connectivity index (χ1v) is 5.52. The number of carboxylic acids is 1. The number of nitrogen functional groups attached to an aromatic ring is 1. The summed E-state index contributed by atoms with van der Waals surface area (Å²) >= 11 is 0. The number of aliphatic carboxylic acids is 1. The van der Waals surface area contributed by atoms with Gasteiger partial charge in [-0.1, -0.05) is 31.5 Å². The van der Waals surface area contributed by atoms with Gasteiger partial charge in [-0.05, 0) is 19.1 Å². The van der Waals surface area contributed by atoms with E-state index >= 15 is 0 Å². The standard InChI is InChI=1S/C7H10N2.C3H5NO3.C2H6/c1-6-2-4-7(9-8)5-3-6;5-2-4-1-3(6)7;1-2/h2-5,9H,8H2,1H3;2H,1H2,(H,4,5)(H,6,7);1-2H3. The van der Waals surface area contributed by atoms with Gasteiger partial charge in [0.1, 0.15) is 6.54 Å². The topological polar surface area (TPSA) is 104 Å². The Morgan fingerprint density at radius 2 is 1.83 bits per heavy atom. The number of amides is 1. The number of carbonyl (C=O) groups excluding carboxylic acids is 1. The van der Waals surface area contributed by atoms with Crippen molar-refractivity contribution < 1.29 is 14.7 Å². The zero-order valence-corrected chi connectivity index (χ0v) is 10.9. The zero-order valence-electron chi connectivity index (χ0n) is 10.9. The molecule has 0 unspecified atom stereocenters. The van der Waals surface area contributed by atoms with Gasteiger partial charge in [-0.15, -0.1) is 0 Å². The van der Waals surface area contributed by atoms with Gasteiger partial charge in [0.15, 0.2) is 0 Å². The van der Waals surface area contributed by atoms with Gasteiger partial charge < -0.3 is 15.8 Å². The highest BCUT2D eigenvalue weighted by Gasteiger charge is 1.88. The van der Waals surface area contributed by atoms with Crippen molar-refractivity contribution in [1.29, 1.82) is 0 Å². The van der Waals surface area contributed by atoms with Gasteiger partial charge in [0.2, 0.25) is 6.41 Å². The molecule has 0 aliphatic heterocycles. The van der Waals surface area contributed by atoms with Crippen molar-refractivity contribution in [3.63, 3.8) is 0 Å². The van der Waals surface area contributed by atoms with E-state index in [1.807, 2.05) is 50.4 Å². The molecule has 6 heteroatoms. The van der Waals surface area contributed by atoms with Crippen molar-refractivity contribution in [2.75, 3.05) is 12.0 Å². The Balaban J connectivity index is 0. The summed E-state index contributed by atoms with van der Waals surface area (Å²) in [6, 6.07) is 7.90. The van der Waals surface area contributed by atoms with Gasteiger partial charge in [0.05, 0.1) is 0 Å². The van der Waals surface area contributed by atoms with Crippen molar-refractivity contribution >= 4 is 18.1 Å². The molecular weight excluding hydrogens is 234 g/mol. The molecule has 0 saturated heterocycles. The van der Waals surface area contributed by atoms with Crippen molar-refractivity contribution in [2.45, 2.75) is 20.8 Å². The second kappa shape index (κ2) is 13.0. The summed E-state index contributed by atoms with van der Waals surface area (Å²) in [6.07, 6.45) is 0.341. The Hall–Kier alpha value is -2.08. The van der Waals surface area contributed by atoms with E-state index < -0.39 is 5.97 Å². The Labute approximate surface area is 107 Å². The summed E-state index contributed by atoms with van der Waals surface area (Å²) in [5.74, 6) is 4.11. The molecule has 0 radical (unpaired) electrons. The lowest BCUT2D eigenvalue weighted by molar-refractivity contribution is -0.136. The minimum Gasteiger partial charge on any atom is -0.480 e. The number of hydrazine groups is 1. The van der Waals surface area contributed by atoms with Gasteiger partial charge in [-0.2, -0.15) is 0 Å². The SMILES string of the molecule is CC.Cc1ccc(NN)cc1.O=CNCC(=O)O. The molecule has 5 N–H and O–H groups in total. The number of anilines is 1. The van der Waals surface area contributed by atoms with Crippen LogP contribution < -0.4 is 16.6 Å². The molecule has 0 saturated carbocycles. The molecule has 0 aliphatic rings. The molecule has 0 aromatic heterocycles. The number of nitrogens with one attached hydrogen (secondary N) is 2. The first kappa shape index (κ1) is 18.3. The molecular formula is C12H21N3O3. The average molecular weight is 255 g/mol. The van der Waals surface area contributed by atoms with Crippen LogP contribution >= 0.6 is 0 Å². The van der Waals surface area contributed by atoms with Gasteiger partial charge >= 0.3 is 5.97 Å². The maximum Gasteiger partial charge on any atom is 0.322 e. The molecule has 0 spiro atoms. The highest BCUT2D eigenvalue weighted by atomic mass is 16.4. The van der Waals surface area contributed by atoms with E-state index in [0.717, 1.165) is 5.69 Å². The third kappa shape index (κ3) is 12.0. The maximum atomic E-state index is 9.54. The van der Waals surface area contributed by atoms with E-state index in [-0.39, 0.29) is 6.54 Å². The number of rotatable bonds is 4. The second-order valence-corrected chi connectivity index (χ2v) is 2.90. The Morgan fingerprint density at radius 1 is 1.33 bits per heavy atom. The van der Waals surface area contributed by atoms with Gasteiger partial charge in [0.25, 0.3) is 0 Å². The van der Waals surface area contributed by atoms with Crippen LogP contribution in [0.3, 0.4) is 0 Å². The van der Waals surface area contributed by atoms with Crippen LogP contribution in [-0.2, 0) is 9.59 Å². The van der Waals surface area contributed by atoms with Crippen molar-refractivity contribution in [1.82, 2.24) is 5.32 Å². The number of carboxylic acid groups (broad SMARTS) is 1. The van der Waals surface area contributed by atoms with Gasteiger partial charge in [-0.25, -0.2) is 0 Å². The van der Waals surface area contributed by atoms with Crippen molar-refractivity contribution in [3.8, 4) is 0 Å². The van der Waals surface area contributed by atoms with Gasteiger partial charge in [0, 0.05) is 5.69 Å². The van der Waals surface area contributed by atoms with Crippen LogP contribution in [0, 0.1) is 6.92 Å². The molecule has 0 aliphatic carbocycles. The Kier molecular flexibility index (Phi) is 13.2. The summed E-state index contributed by atoms with van der Waals surface area (Å²) in [5, 5.41) is 9.79. The predicted octanol–water partition coefficient (Wildman–Crippen LogP) is 1.12. The molecule has 102 valence electrons. The first-order valence-electron chi connectivity index (χ1n) is 5.52. The fourth-order valence-corrected chi connectivity index (χ4v) is 0.779. The van der Waals surface area contributed by atoms with Crippen LogP contribution in [-0.4, -0.2) is 24.0 Å². The van der Waals surface area contributed by atoms with Crippen LogP contribution in [0.25, 0.3) is 0 Å². The fourth-order valence-electron chi connectivity index (χ4n) is 0.779. The van der Waals surface area contributed by atoms with Crippen molar-refractivity contribution in [3.05, 3.63) is 29.8 Å². The lowest BCUT2D eigenvalue weighted by Crippen LogP contribution is -2.20. The number of hydrogen-bond donors (Lipinski definition) is 4. The second-order valence-electron chi connectivity index (χ2n) is 2.90. The first-order chi connectivity index (χ1) is 8.60. The van der Waals surface area contributed by atoms with Crippen LogP contribution in [0.15, 0.2) is 24.3 Å². The van der Waals surface area contributed by atoms with Gasteiger partial charge in [-0.3, -0.25) is 15.4 Å². The highest BCUT2D eigenvalue weighted by Crippen LogP contribution is 2.05. The molecule has 1 amide bonds. The van der Waals surface area contributed by atoms with Crippen LogP contribution in [0.5, 0.6) is 0 Å². The molecule has 1 aromatic rings. The lowest BCUT2D eigenvalue weighted by Gasteiger charge is -1.97. The van der Waals surface area contributed by atoms with E-state index in [1.54, 1.807) is 0 Å². The summed E-state index contributed by atoms with van der Waals surface area (Å²) in [5.41, 5.74) is 4.74. The minimum absolute atomic E-state index is 0.302. The lowest BCUT2D eigenvalue weighted by atomic mass is 10.2. The molecule has 18 heavy (non-hydrogen) atoms. The summed E-state index contributed by atoms with van der Waals surface area (Å²) in [4.78, 5) is 18.9. The third-order valence-corrected chi connectivity index (χ3v) is 1.55. The quantitative estimate of drug-likeness (QED) is 0.367. The molecule has 1 aromatic carbocycles. The van der Waals surface area contributed by atoms with E-state index in [0.29, 0.717) is 6.41 Å².